The normalized spacial score (nSPS) is 16.0. The molecule has 0 spiro atoms. The lowest BCUT2D eigenvalue weighted by Crippen LogP contribution is -2.43. The quantitative estimate of drug-likeness (QED) is 0.436. The van der Waals surface area contributed by atoms with Crippen molar-refractivity contribution in [2.24, 2.45) is 5.92 Å². The Morgan fingerprint density at radius 2 is 1.84 bits per heavy atom. The van der Waals surface area contributed by atoms with Crippen molar-refractivity contribution in [1.29, 1.82) is 0 Å². The monoisotopic (exact) mass is 540 g/mol. The van der Waals surface area contributed by atoms with Gasteiger partial charge in [-0.2, -0.15) is 5.10 Å². The van der Waals surface area contributed by atoms with Crippen LogP contribution >= 0.6 is 11.8 Å². The number of aromatic nitrogens is 2. The zero-order valence-corrected chi connectivity index (χ0v) is 23.5. The number of carbonyl (C=O) groups excluding carboxylic acids is 2. The van der Waals surface area contributed by atoms with E-state index < -0.39 is 22.3 Å². The fraction of sp³-hybridized carbons (Fsp3) is 0.414. The Morgan fingerprint density at radius 3 is 2.45 bits per heavy atom. The van der Waals surface area contributed by atoms with E-state index in [0.29, 0.717) is 29.3 Å². The van der Waals surface area contributed by atoms with E-state index in [1.807, 2.05) is 65.8 Å². The van der Waals surface area contributed by atoms with Crippen molar-refractivity contribution in [3.63, 3.8) is 0 Å². The summed E-state index contributed by atoms with van der Waals surface area (Å²) in [4.78, 5) is 28.0. The van der Waals surface area contributed by atoms with Crippen molar-refractivity contribution < 1.29 is 18.4 Å². The highest BCUT2D eigenvalue weighted by atomic mass is 32.2. The standard InChI is InChI=1S/C29H34F2N4O2S/c1-17(2)14-32-23(36)15-34-24(37)16-38-26(21-12-9-19(30)13-22(21)31)25-27(29(4,5)6)33-35(28(25)34)20-10-7-18(3)8-11-20/h7-13,17,26H,14-16H2,1-6H3,(H,32,36)/t26-/m1/s1. The Kier molecular flexibility index (Phi) is 7.97. The predicted octanol–water partition coefficient (Wildman–Crippen LogP) is 5.70. The molecule has 2 amide bonds. The van der Waals surface area contributed by atoms with Crippen LogP contribution in [0.1, 0.15) is 62.3 Å². The van der Waals surface area contributed by atoms with Crippen LogP contribution in [0.3, 0.4) is 0 Å². The average Bonchev–Trinajstić information content (AvgIpc) is 3.17. The summed E-state index contributed by atoms with van der Waals surface area (Å²) in [6.07, 6.45) is 0. The van der Waals surface area contributed by atoms with Gasteiger partial charge in [0.2, 0.25) is 11.8 Å². The number of anilines is 1. The SMILES string of the molecule is Cc1ccc(-n2nc(C(C)(C)C)c3c2N(CC(=O)NCC(C)C)C(=O)CS[C@@H]3c2ccc(F)cc2F)cc1. The van der Waals surface area contributed by atoms with Crippen LogP contribution in [0.15, 0.2) is 42.5 Å². The highest BCUT2D eigenvalue weighted by molar-refractivity contribution is 8.00. The number of hydrogen-bond donors (Lipinski definition) is 1. The molecule has 1 aliphatic heterocycles. The number of fused-ring (bicyclic) bond motifs is 1. The van der Waals surface area contributed by atoms with E-state index in [1.54, 1.807) is 4.68 Å². The number of aryl methyl sites for hydroxylation is 1. The third-order valence-corrected chi connectivity index (χ3v) is 7.57. The van der Waals surface area contributed by atoms with Gasteiger partial charge in [-0.25, -0.2) is 13.5 Å². The van der Waals surface area contributed by atoms with Crippen molar-refractivity contribution in [1.82, 2.24) is 15.1 Å². The van der Waals surface area contributed by atoms with Gasteiger partial charge in [-0.3, -0.25) is 14.5 Å². The lowest BCUT2D eigenvalue weighted by Gasteiger charge is -2.25. The van der Waals surface area contributed by atoms with Gasteiger partial charge < -0.3 is 5.32 Å². The number of halogens is 2. The van der Waals surface area contributed by atoms with E-state index in [9.17, 15) is 14.0 Å². The molecule has 1 N–H and O–H groups in total. The smallest absolute Gasteiger partial charge is 0.240 e. The molecule has 0 unspecified atom stereocenters. The van der Waals surface area contributed by atoms with Gasteiger partial charge in [-0.15, -0.1) is 11.8 Å². The van der Waals surface area contributed by atoms with Crippen LogP contribution in [-0.2, 0) is 15.0 Å². The zero-order chi connectivity index (χ0) is 27.8. The molecule has 2 heterocycles. The molecule has 0 aliphatic carbocycles. The highest BCUT2D eigenvalue weighted by Crippen LogP contribution is 2.49. The van der Waals surface area contributed by atoms with Crippen molar-refractivity contribution in [2.75, 3.05) is 23.7 Å². The number of amides is 2. The maximum Gasteiger partial charge on any atom is 0.240 e. The van der Waals surface area contributed by atoms with Crippen LogP contribution in [0.2, 0.25) is 0 Å². The van der Waals surface area contributed by atoms with Gasteiger partial charge in [0.15, 0.2) is 0 Å². The Balaban J connectivity index is 1.98. The molecular weight excluding hydrogens is 506 g/mol. The van der Waals surface area contributed by atoms with E-state index >= 15 is 4.39 Å². The second-order valence-electron chi connectivity index (χ2n) is 11.1. The first-order chi connectivity index (χ1) is 17.9. The summed E-state index contributed by atoms with van der Waals surface area (Å²) in [6.45, 7) is 12.3. The Bertz CT molecular complexity index is 1350. The molecule has 6 nitrogen and oxygen atoms in total. The molecule has 202 valence electrons. The lowest BCUT2D eigenvalue weighted by atomic mass is 9.87. The highest BCUT2D eigenvalue weighted by Gasteiger charge is 2.40. The summed E-state index contributed by atoms with van der Waals surface area (Å²) in [5.41, 5.74) is 2.89. The molecule has 1 atom stereocenters. The first-order valence-corrected chi connectivity index (χ1v) is 13.8. The maximum absolute atomic E-state index is 15.2. The molecule has 0 saturated carbocycles. The lowest BCUT2D eigenvalue weighted by molar-refractivity contribution is -0.123. The van der Waals surface area contributed by atoms with Crippen LogP contribution < -0.4 is 10.2 Å². The van der Waals surface area contributed by atoms with Crippen molar-refractivity contribution in [2.45, 2.75) is 52.2 Å². The number of benzene rings is 2. The number of thioether (sulfide) groups is 1. The predicted molar refractivity (Wildman–Crippen MR) is 148 cm³/mol. The van der Waals surface area contributed by atoms with Crippen LogP contribution in [0.4, 0.5) is 14.6 Å². The van der Waals surface area contributed by atoms with Gasteiger partial charge in [0.05, 0.1) is 22.4 Å². The van der Waals surface area contributed by atoms with E-state index in [-0.39, 0.29) is 35.6 Å². The minimum atomic E-state index is -0.688. The summed E-state index contributed by atoms with van der Waals surface area (Å²) >= 11 is 1.26. The van der Waals surface area contributed by atoms with Crippen molar-refractivity contribution >= 4 is 29.4 Å². The fourth-order valence-electron chi connectivity index (χ4n) is 4.42. The fourth-order valence-corrected chi connectivity index (χ4v) is 5.64. The van der Waals surface area contributed by atoms with Crippen LogP contribution in [0.5, 0.6) is 0 Å². The average molecular weight is 541 g/mol. The summed E-state index contributed by atoms with van der Waals surface area (Å²) in [5.74, 6) is -1.23. The third kappa shape index (κ3) is 5.77. The minimum Gasteiger partial charge on any atom is -0.354 e. The van der Waals surface area contributed by atoms with Gasteiger partial charge in [0.25, 0.3) is 0 Å². The molecule has 0 radical (unpaired) electrons. The first kappa shape index (κ1) is 27.8. The minimum absolute atomic E-state index is 0.0190. The Hall–Kier alpha value is -3.20. The third-order valence-electron chi connectivity index (χ3n) is 6.33. The van der Waals surface area contributed by atoms with E-state index in [2.05, 4.69) is 5.32 Å². The van der Waals surface area contributed by atoms with Crippen LogP contribution in [-0.4, -0.2) is 40.4 Å². The number of nitrogens with one attached hydrogen (secondary N) is 1. The molecule has 0 fully saturated rings. The summed E-state index contributed by atoms with van der Waals surface area (Å²) in [6, 6.07) is 11.2. The summed E-state index contributed by atoms with van der Waals surface area (Å²) < 4.78 is 30.7. The van der Waals surface area contributed by atoms with Gasteiger partial charge in [0, 0.05) is 29.2 Å². The molecule has 2 aromatic carbocycles. The second kappa shape index (κ2) is 10.9. The number of nitrogens with zero attached hydrogens (tertiary/aromatic N) is 3. The largest absolute Gasteiger partial charge is 0.354 e. The number of carbonyl (C=O) groups is 2. The van der Waals surface area contributed by atoms with Gasteiger partial charge in [-0.05, 0) is 31.0 Å². The first-order valence-electron chi connectivity index (χ1n) is 12.7. The molecule has 3 aromatic rings. The number of hydrogen-bond acceptors (Lipinski definition) is 4. The van der Waals surface area contributed by atoms with Gasteiger partial charge in [-0.1, -0.05) is 58.4 Å². The molecule has 9 heteroatoms. The molecule has 0 bridgehead atoms. The molecule has 4 rings (SSSR count). The number of rotatable bonds is 6. The van der Waals surface area contributed by atoms with E-state index in [1.165, 1.54) is 28.8 Å². The summed E-state index contributed by atoms with van der Waals surface area (Å²) in [7, 11) is 0. The second-order valence-corrected chi connectivity index (χ2v) is 12.2. The molecular formula is C29H34F2N4O2S. The van der Waals surface area contributed by atoms with Crippen molar-refractivity contribution in [3.05, 3.63) is 76.5 Å². The molecule has 0 saturated heterocycles. The van der Waals surface area contributed by atoms with E-state index in [4.69, 9.17) is 5.10 Å². The van der Waals surface area contributed by atoms with E-state index in [0.717, 1.165) is 11.6 Å². The van der Waals surface area contributed by atoms with Gasteiger partial charge >= 0.3 is 0 Å². The summed E-state index contributed by atoms with van der Waals surface area (Å²) in [5, 5.41) is 7.23. The van der Waals surface area contributed by atoms with Crippen molar-refractivity contribution in [3.8, 4) is 5.69 Å². The molecule has 38 heavy (non-hydrogen) atoms. The van der Waals surface area contributed by atoms with Crippen LogP contribution in [0, 0.1) is 24.5 Å². The Labute approximate surface area is 226 Å². The topological polar surface area (TPSA) is 67.2 Å². The Morgan fingerprint density at radius 1 is 1.16 bits per heavy atom. The van der Waals surface area contributed by atoms with Crippen LogP contribution in [0.25, 0.3) is 5.69 Å². The zero-order valence-electron chi connectivity index (χ0n) is 22.6. The van der Waals surface area contributed by atoms with Gasteiger partial charge in [0.1, 0.15) is 24.0 Å². The maximum atomic E-state index is 15.2. The molecule has 1 aromatic heterocycles. The molecule has 1 aliphatic rings.